The SMILES string of the molecule is O=C(O)C1=CCS[C@@H]2[C@H](NC(=O)c3ccc(COc4ccc(Br)cc4Cl)o3)C(=O)N12. The van der Waals surface area contributed by atoms with E-state index in [0.717, 1.165) is 4.47 Å². The Kier molecular flexibility index (Phi) is 5.81. The van der Waals surface area contributed by atoms with E-state index in [1.807, 2.05) is 0 Å². The van der Waals surface area contributed by atoms with Crippen molar-refractivity contribution in [2.75, 3.05) is 5.75 Å². The molecule has 0 saturated carbocycles. The van der Waals surface area contributed by atoms with Crippen LogP contribution in [0.4, 0.5) is 0 Å². The lowest BCUT2D eigenvalue weighted by Crippen LogP contribution is -2.70. The molecule has 0 aliphatic carbocycles. The standard InChI is InChI=1S/C19H14BrClN2O6S/c20-9-1-3-13(11(21)7-9)28-8-10-2-4-14(29-10)16(24)22-15-17(25)23-12(19(26)27)5-6-30-18(15)23/h1-5,7,15,18H,6,8H2,(H,22,24)(H,26,27)/t15-,18-/m1/s1. The molecule has 156 valence electrons. The molecule has 1 aromatic heterocycles. The van der Waals surface area contributed by atoms with Crippen molar-refractivity contribution in [1.29, 1.82) is 0 Å². The van der Waals surface area contributed by atoms with Gasteiger partial charge in [-0.05, 0) is 36.4 Å². The molecule has 0 unspecified atom stereocenters. The number of thioether (sulfide) groups is 1. The number of halogens is 2. The number of carbonyl (C=O) groups excluding carboxylic acids is 2. The maximum atomic E-state index is 12.5. The number of nitrogens with one attached hydrogen (secondary N) is 1. The Labute approximate surface area is 188 Å². The van der Waals surface area contributed by atoms with Crippen LogP contribution in [0.3, 0.4) is 0 Å². The Morgan fingerprint density at radius 1 is 1.37 bits per heavy atom. The zero-order valence-electron chi connectivity index (χ0n) is 15.1. The summed E-state index contributed by atoms with van der Waals surface area (Å²) in [5.41, 5.74) is -0.0571. The molecule has 30 heavy (non-hydrogen) atoms. The lowest BCUT2D eigenvalue weighted by Gasteiger charge is -2.48. The number of β-lactam (4-membered cyclic amide) rings is 1. The molecule has 2 N–H and O–H groups in total. The van der Waals surface area contributed by atoms with Gasteiger partial charge in [-0.25, -0.2) is 4.79 Å². The summed E-state index contributed by atoms with van der Waals surface area (Å²) in [6, 6.07) is 7.46. The highest BCUT2D eigenvalue weighted by molar-refractivity contribution is 9.10. The summed E-state index contributed by atoms with van der Waals surface area (Å²) in [6.07, 6.45) is 1.48. The molecule has 8 nitrogen and oxygen atoms in total. The minimum Gasteiger partial charge on any atom is -0.484 e. The largest absolute Gasteiger partial charge is 0.484 e. The molecule has 1 saturated heterocycles. The van der Waals surface area contributed by atoms with Gasteiger partial charge in [0.1, 0.15) is 35.2 Å². The van der Waals surface area contributed by atoms with Gasteiger partial charge in [0.2, 0.25) is 0 Å². The Hall–Kier alpha value is -2.43. The monoisotopic (exact) mass is 512 g/mol. The summed E-state index contributed by atoms with van der Waals surface area (Å²) in [5, 5.41) is 11.8. The van der Waals surface area contributed by atoms with Crippen LogP contribution < -0.4 is 10.1 Å². The number of hydrogen-bond acceptors (Lipinski definition) is 6. The van der Waals surface area contributed by atoms with Crippen LogP contribution in [0.5, 0.6) is 5.75 Å². The van der Waals surface area contributed by atoms with E-state index in [9.17, 15) is 19.5 Å². The van der Waals surface area contributed by atoms with Gasteiger partial charge in [0.05, 0.1) is 5.02 Å². The maximum absolute atomic E-state index is 12.5. The van der Waals surface area contributed by atoms with Gasteiger partial charge >= 0.3 is 5.97 Å². The van der Waals surface area contributed by atoms with Crippen LogP contribution in [0.1, 0.15) is 16.3 Å². The van der Waals surface area contributed by atoms with E-state index >= 15 is 0 Å². The third-order valence-corrected chi connectivity index (χ3v) is 6.47. The van der Waals surface area contributed by atoms with Gasteiger partial charge in [-0.1, -0.05) is 27.5 Å². The smallest absolute Gasteiger partial charge is 0.352 e. The van der Waals surface area contributed by atoms with Crippen LogP contribution >= 0.6 is 39.3 Å². The topological polar surface area (TPSA) is 109 Å². The number of hydrogen-bond donors (Lipinski definition) is 2. The molecule has 2 aliphatic rings. The van der Waals surface area contributed by atoms with E-state index in [1.165, 1.54) is 28.8 Å². The molecular weight excluding hydrogens is 500 g/mol. The number of benzene rings is 1. The first-order valence-electron chi connectivity index (χ1n) is 8.70. The lowest BCUT2D eigenvalue weighted by atomic mass is 10.1. The van der Waals surface area contributed by atoms with Gasteiger partial charge < -0.3 is 19.6 Å². The van der Waals surface area contributed by atoms with Crippen molar-refractivity contribution in [2.24, 2.45) is 0 Å². The third-order valence-electron chi connectivity index (χ3n) is 4.50. The zero-order chi connectivity index (χ0) is 21.4. The van der Waals surface area contributed by atoms with Crippen molar-refractivity contribution in [3.05, 3.63) is 63.1 Å². The second-order valence-corrected chi connectivity index (χ2v) is 8.88. The third kappa shape index (κ3) is 3.94. The molecule has 0 bridgehead atoms. The van der Waals surface area contributed by atoms with Crippen molar-refractivity contribution in [3.8, 4) is 5.75 Å². The first-order chi connectivity index (χ1) is 14.3. The summed E-state index contributed by atoms with van der Waals surface area (Å²) in [7, 11) is 0. The average molecular weight is 514 g/mol. The number of carboxylic acid groups (broad SMARTS) is 1. The normalized spacial score (nSPS) is 20.1. The van der Waals surface area contributed by atoms with E-state index in [4.69, 9.17) is 20.8 Å². The lowest BCUT2D eigenvalue weighted by molar-refractivity contribution is -0.148. The number of ether oxygens (including phenoxy) is 1. The van der Waals surface area contributed by atoms with Crippen molar-refractivity contribution in [3.63, 3.8) is 0 Å². The summed E-state index contributed by atoms with van der Waals surface area (Å²) in [4.78, 5) is 37.2. The summed E-state index contributed by atoms with van der Waals surface area (Å²) >= 11 is 10.8. The summed E-state index contributed by atoms with van der Waals surface area (Å²) < 4.78 is 11.9. The first kappa shape index (κ1) is 20.8. The molecular formula is C19H14BrClN2O6S. The van der Waals surface area contributed by atoms with E-state index in [0.29, 0.717) is 22.3 Å². The molecule has 0 radical (unpaired) electrons. The van der Waals surface area contributed by atoms with E-state index in [-0.39, 0.29) is 18.1 Å². The van der Waals surface area contributed by atoms with Crippen LogP contribution in [-0.4, -0.2) is 45.0 Å². The summed E-state index contributed by atoms with van der Waals surface area (Å²) in [6.45, 7) is 0.0655. The fourth-order valence-electron chi connectivity index (χ4n) is 3.07. The second kappa shape index (κ2) is 8.37. The molecule has 2 atom stereocenters. The number of fused-ring (bicyclic) bond motifs is 1. The number of amides is 2. The number of aliphatic carboxylic acids is 1. The van der Waals surface area contributed by atoms with Crippen LogP contribution in [-0.2, 0) is 16.2 Å². The van der Waals surface area contributed by atoms with Gasteiger partial charge in [-0.15, -0.1) is 11.8 Å². The molecule has 2 aromatic rings. The number of furan rings is 1. The predicted molar refractivity (Wildman–Crippen MR) is 112 cm³/mol. The molecule has 2 amide bonds. The molecule has 4 rings (SSSR count). The molecule has 1 aromatic carbocycles. The van der Waals surface area contributed by atoms with E-state index in [1.54, 1.807) is 24.3 Å². The maximum Gasteiger partial charge on any atom is 0.352 e. The van der Waals surface area contributed by atoms with Crippen LogP contribution in [0.25, 0.3) is 0 Å². The van der Waals surface area contributed by atoms with Crippen molar-refractivity contribution in [1.82, 2.24) is 10.2 Å². The van der Waals surface area contributed by atoms with Crippen molar-refractivity contribution in [2.45, 2.75) is 18.0 Å². The van der Waals surface area contributed by atoms with Crippen LogP contribution in [0, 0.1) is 0 Å². The summed E-state index contributed by atoms with van der Waals surface area (Å²) in [5.74, 6) is -0.842. The van der Waals surface area contributed by atoms with Crippen molar-refractivity contribution < 1.29 is 28.6 Å². The molecule has 11 heteroatoms. The Morgan fingerprint density at radius 3 is 2.90 bits per heavy atom. The Balaban J connectivity index is 1.36. The minimum absolute atomic E-state index is 0.0246. The first-order valence-corrected chi connectivity index (χ1v) is 10.9. The highest BCUT2D eigenvalue weighted by atomic mass is 79.9. The van der Waals surface area contributed by atoms with E-state index in [2.05, 4.69) is 21.2 Å². The molecule has 0 spiro atoms. The van der Waals surface area contributed by atoms with Gasteiger partial charge in [0.15, 0.2) is 5.76 Å². The fourth-order valence-corrected chi connectivity index (χ4v) is 4.99. The molecule has 1 fully saturated rings. The number of nitrogens with zero attached hydrogens (tertiary/aromatic N) is 1. The second-order valence-electron chi connectivity index (χ2n) is 6.41. The minimum atomic E-state index is -1.17. The van der Waals surface area contributed by atoms with Crippen molar-refractivity contribution >= 4 is 57.1 Å². The van der Waals surface area contributed by atoms with Crippen LogP contribution in [0.2, 0.25) is 5.02 Å². The number of carboxylic acids is 1. The number of rotatable bonds is 6. The van der Waals surface area contributed by atoms with Crippen LogP contribution in [0.15, 0.2) is 51.0 Å². The van der Waals surface area contributed by atoms with E-state index < -0.39 is 29.2 Å². The molecule has 2 aliphatic heterocycles. The Bertz CT molecular complexity index is 1070. The van der Waals surface area contributed by atoms with Gasteiger partial charge in [0.25, 0.3) is 11.8 Å². The Morgan fingerprint density at radius 2 is 2.17 bits per heavy atom. The zero-order valence-corrected chi connectivity index (χ0v) is 18.3. The highest BCUT2D eigenvalue weighted by Gasteiger charge is 2.52. The van der Waals surface area contributed by atoms with Gasteiger partial charge in [-0.2, -0.15) is 0 Å². The quantitative estimate of drug-likeness (QED) is 0.571. The predicted octanol–water partition coefficient (Wildman–Crippen LogP) is 3.26. The van der Waals surface area contributed by atoms with Gasteiger partial charge in [0, 0.05) is 10.2 Å². The molecule has 3 heterocycles. The average Bonchev–Trinajstić information content (AvgIpc) is 3.19. The fraction of sp³-hybridized carbons (Fsp3) is 0.211. The number of carbonyl (C=O) groups is 3. The highest BCUT2D eigenvalue weighted by Crippen LogP contribution is 2.37. The van der Waals surface area contributed by atoms with Gasteiger partial charge in [-0.3, -0.25) is 14.5 Å².